The number of fused-ring (bicyclic) bond motifs is 3. The van der Waals surface area contributed by atoms with Crippen molar-refractivity contribution in [3.8, 4) is 0 Å². The number of likely N-dealkylation sites (N-methyl/N-ethyl adjacent to an activating group) is 1. The fourth-order valence-corrected chi connectivity index (χ4v) is 4.40. The molecular formula is C17H25N3. The summed E-state index contributed by atoms with van der Waals surface area (Å²) in [6, 6.07) is 8.34. The summed E-state index contributed by atoms with van der Waals surface area (Å²) in [4.78, 5) is 7.79. The van der Waals surface area contributed by atoms with Crippen molar-refractivity contribution in [3.63, 3.8) is 0 Å². The summed E-state index contributed by atoms with van der Waals surface area (Å²) in [5.41, 5.74) is 4.59. The molecule has 3 heteroatoms. The van der Waals surface area contributed by atoms with Gasteiger partial charge in [0.25, 0.3) is 0 Å². The molecule has 3 nitrogen and oxygen atoms in total. The first-order valence-electron chi connectivity index (χ1n) is 8.01. The van der Waals surface area contributed by atoms with E-state index in [0.717, 1.165) is 12.6 Å². The molecule has 0 amide bonds. The van der Waals surface area contributed by atoms with Gasteiger partial charge in [0.2, 0.25) is 0 Å². The van der Waals surface area contributed by atoms with Crippen LogP contribution in [0.25, 0.3) is 0 Å². The Kier molecular flexibility index (Phi) is 2.75. The van der Waals surface area contributed by atoms with E-state index < -0.39 is 0 Å². The minimum absolute atomic E-state index is 0.671. The first-order valence-corrected chi connectivity index (χ1v) is 8.01. The van der Waals surface area contributed by atoms with Gasteiger partial charge in [-0.25, -0.2) is 0 Å². The Morgan fingerprint density at radius 3 is 2.80 bits per heavy atom. The van der Waals surface area contributed by atoms with Gasteiger partial charge >= 0.3 is 0 Å². The highest BCUT2D eigenvalue weighted by Gasteiger charge is 2.44. The normalized spacial score (nSPS) is 28.8. The second-order valence-corrected chi connectivity index (χ2v) is 6.88. The highest BCUT2D eigenvalue weighted by Crippen LogP contribution is 2.50. The third-order valence-electron chi connectivity index (χ3n) is 5.56. The quantitative estimate of drug-likeness (QED) is 0.777. The third kappa shape index (κ3) is 1.62. The topological polar surface area (TPSA) is 9.72 Å². The van der Waals surface area contributed by atoms with Crippen molar-refractivity contribution >= 4 is 11.4 Å². The molecule has 0 bridgehead atoms. The van der Waals surface area contributed by atoms with E-state index in [1.807, 2.05) is 0 Å². The highest BCUT2D eigenvalue weighted by molar-refractivity contribution is 5.80. The Morgan fingerprint density at radius 1 is 1.15 bits per heavy atom. The molecule has 0 aromatic heterocycles. The molecule has 1 fully saturated rings. The van der Waals surface area contributed by atoms with Crippen molar-refractivity contribution < 1.29 is 0 Å². The Hall–Kier alpha value is -1.22. The largest absolute Gasteiger partial charge is 0.371 e. The summed E-state index contributed by atoms with van der Waals surface area (Å²) in [7, 11) is 2.23. The highest BCUT2D eigenvalue weighted by atomic mass is 15.3. The van der Waals surface area contributed by atoms with Crippen molar-refractivity contribution in [1.82, 2.24) is 4.90 Å². The lowest BCUT2D eigenvalue weighted by atomic mass is 9.88. The molecule has 1 aromatic carbocycles. The van der Waals surface area contributed by atoms with E-state index >= 15 is 0 Å². The van der Waals surface area contributed by atoms with Crippen LogP contribution in [0.3, 0.4) is 0 Å². The molecule has 0 aliphatic carbocycles. The number of nitrogens with zero attached hydrogens (tertiary/aromatic N) is 3. The summed E-state index contributed by atoms with van der Waals surface area (Å²) < 4.78 is 0. The van der Waals surface area contributed by atoms with E-state index in [1.54, 1.807) is 11.3 Å². The standard InChI is InChI=1S/C17H25N3/c1-12(2)19-8-7-15-14(11-19)13-5-4-6-16-17(13)20(15)10-9-18(16)3/h4-6,12,14-15H,7-11H2,1-3H3. The first kappa shape index (κ1) is 12.5. The predicted octanol–water partition coefficient (Wildman–Crippen LogP) is 2.52. The van der Waals surface area contributed by atoms with Crippen molar-refractivity contribution in [3.05, 3.63) is 23.8 Å². The van der Waals surface area contributed by atoms with Gasteiger partial charge in [-0.1, -0.05) is 12.1 Å². The Morgan fingerprint density at radius 2 is 2.00 bits per heavy atom. The molecule has 3 heterocycles. The van der Waals surface area contributed by atoms with Gasteiger partial charge in [0.15, 0.2) is 0 Å². The predicted molar refractivity (Wildman–Crippen MR) is 84.9 cm³/mol. The minimum Gasteiger partial charge on any atom is -0.371 e. The van der Waals surface area contributed by atoms with E-state index in [1.165, 1.54) is 31.7 Å². The number of piperidine rings is 1. The molecule has 2 atom stereocenters. The maximum absolute atomic E-state index is 2.72. The minimum atomic E-state index is 0.671. The number of para-hydroxylation sites is 1. The number of rotatable bonds is 1. The van der Waals surface area contributed by atoms with E-state index in [9.17, 15) is 0 Å². The summed E-state index contributed by atoms with van der Waals surface area (Å²) in [5.74, 6) is 0.715. The van der Waals surface area contributed by atoms with Crippen LogP contribution in [-0.4, -0.2) is 50.2 Å². The monoisotopic (exact) mass is 271 g/mol. The molecule has 0 saturated carbocycles. The lowest BCUT2D eigenvalue weighted by Crippen LogP contribution is -2.50. The maximum atomic E-state index is 2.72. The maximum Gasteiger partial charge on any atom is 0.0644 e. The summed E-state index contributed by atoms with van der Waals surface area (Å²) in [5, 5.41) is 0. The number of hydrogen-bond donors (Lipinski definition) is 0. The van der Waals surface area contributed by atoms with Crippen molar-refractivity contribution in [2.24, 2.45) is 0 Å². The number of likely N-dealkylation sites (tertiary alicyclic amines) is 1. The van der Waals surface area contributed by atoms with Gasteiger partial charge in [-0.3, -0.25) is 0 Å². The fraction of sp³-hybridized carbons (Fsp3) is 0.647. The van der Waals surface area contributed by atoms with Crippen LogP contribution in [-0.2, 0) is 0 Å². The Bertz CT molecular complexity index is 525. The molecule has 2 unspecified atom stereocenters. The summed E-state index contributed by atoms with van der Waals surface area (Å²) in [6.45, 7) is 9.51. The second-order valence-electron chi connectivity index (χ2n) is 6.88. The van der Waals surface area contributed by atoms with Gasteiger partial charge in [0, 0.05) is 51.2 Å². The molecule has 0 radical (unpaired) electrons. The van der Waals surface area contributed by atoms with E-state index in [2.05, 4.69) is 53.8 Å². The lowest BCUT2D eigenvalue weighted by Gasteiger charge is -2.42. The first-order chi connectivity index (χ1) is 9.66. The van der Waals surface area contributed by atoms with Gasteiger partial charge in [-0.05, 0) is 31.9 Å². The van der Waals surface area contributed by atoms with E-state index in [4.69, 9.17) is 0 Å². The average molecular weight is 271 g/mol. The summed E-state index contributed by atoms with van der Waals surface area (Å²) in [6.07, 6.45) is 1.32. The zero-order valence-corrected chi connectivity index (χ0v) is 12.8. The molecular weight excluding hydrogens is 246 g/mol. The Labute approximate surface area is 122 Å². The molecule has 0 N–H and O–H groups in total. The number of hydrogen-bond acceptors (Lipinski definition) is 3. The van der Waals surface area contributed by atoms with Crippen molar-refractivity contribution in [2.75, 3.05) is 43.0 Å². The summed E-state index contributed by atoms with van der Waals surface area (Å²) >= 11 is 0. The molecule has 3 aliphatic rings. The fourth-order valence-electron chi connectivity index (χ4n) is 4.40. The van der Waals surface area contributed by atoms with Crippen molar-refractivity contribution in [1.29, 1.82) is 0 Å². The van der Waals surface area contributed by atoms with Crippen LogP contribution in [0.4, 0.5) is 11.4 Å². The molecule has 1 saturated heterocycles. The molecule has 3 aliphatic heterocycles. The van der Waals surface area contributed by atoms with Gasteiger partial charge < -0.3 is 14.7 Å². The van der Waals surface area contributed by atoms with Gasteiger partial charge in [-0.2, -0.15) is 0 Å². The van der Waals surface area contributed by atoms with E-state index in [-0.39, 0.29) is 0 Å². The second kappa shape index (κ2) is 4.39. The van der Waals surface area contributed by atoms with Gasteiger partial charge in [0.1, 0.15) is 0 Å². The number of anilines is 2. The van der Waals surface area contributed by atoms with Crippen LogP contribution in [0.5, 0.6) is 0 Å². The van der Waals surface area contributed by atoms with Gasteiger partial charge in [-0.15, -0.1) is 0 Å². The van der Waals surface area contributed by atoms with Gasteiger partial charge in [0.05, 0.1) is 11.4 Å². The molecule has 4 rings (SSSR count). The number of benzene rings is 1. The van der Waals surface area contributed by atoms with Crippen LogP contribution in [0.2, 0.25) is 0 Å². The molecule has 1 aromatic rings. The molecule has 0 spiro atoms. The zero-order valence-electron chi connectivity index (χ0n) is 12.8. The molecule has 108 valence electrons. The van der Waals surface area contributed by atoms with Crippen LogP contribution in [0.15, 0.2) is 18.2 Å². The van der Waals surface area contributed by atoms with E-state index in [0.29, 0.717) is 12.0 Å². The zero-order chi connectivity index (χ0) is 13.9. The third-order valence-corrected chi connectivity index (χ3v) is 5.56. The van der Waals surface area contributed by atoms with Crippen LogP contribution < -0.4 is 9.80 Å². The smallest absolute Gasteiger partial charge is 0.0644 e. The van der Waals surface area contributed by atoms with Crippen LogP contribution in [0, 0.1) is 0 Å². The average Bonchev–Trinajstić information content (AvgIpc) is 2.78. The lowest BCUT2D eigenvalue weighted by molar-refractivity contribution is 0.156. The molecule has 20 heavy (non-hydrogen) atoms. The van der Waals surface area contributed by atoms with Crippen LogP contribution >= 0.6 is 0 Å². The Balaban J connectivity index is 1.76. The van der Waals surface area contributed by atoms with Crippen molar-refractivity contribution in [2.45, 2.75) is 38.3 Å². The SMILES string of the molecule is CC(C)N1CCC2C(C1)c1cccc3c1N2CCN3C. The van der Waals surface area contributed by atoms with Crippen LogP contribution in [0.1, 0.15) is 31.7 Å².